The van der Waals surface area contributed by atoms with Gasteiger partial charge in [-0.1, -0.05) is 12.1 Å². The van der Waals surface area contributed by atoms with Crippen LogP contribution in [-0.2, 0) is 11.3 Å². The fourth-order valence-electron chi connectivity index (χ4n) is 3.23. The van der Waals surface area contributed by atoms with Crippen LogP contribution >= 0.6 is 0 Å². The first kappa shape index (κ1) is 20.5. The molecular weight excluding hydrogens is 383 g/mol. The lowest BCUT2D eigenvalue weighted by molar-refractivity contribution is -0.274. The lowest BCUT2D eigenvalue weighted by Gasteiger charge is -2.09. The number of carbonyl (C=O) groups excluding carboxylic acids is 1. The first-order valence-electron chi connectivity index (χ1n) is 9.11. The molecule has 0 spiro atoms. The molecule has 29 heavy (non-hydrogen) atoms. The second-order valence-electron chi connectivity index (χ2n) is 6.97. The van der Waals surface area contributed by atoms with Crippen molar-refractivity contribution in [2.75, 3.05) is 0 Å². The summed E-state index contributed by atoms with van der Waals surface area (Å²) in [6, 6.07) is 9.55. The predicted octanol–water partition coefficient (Wildman–Crippen LogP) is 4.56. The Bertz CT molecular complexity index is 978. The van der Waals surface area contributed by atoms with Crippen molar-refractivity contribution in [2.24, 2.45) is 0 Å². The first-order valence-corrected chi connectivity index (χ1v) is 9.11. The van der Waals surface area contributed by atoms with E-state index in [1.807, 2.05) is 26.0 Å². The summed E-state index contributed by atoms with van der Waals surface area (Å²) in [7, 11) is 0. The molecule has 0 atom stereocenters. The number of alkyl halides is 3. The number of aromatic nitrogens is 1. The van der Waals surface area contributed by atoms with E-state index < -0.39 is 12.3 Å². The molecule has 8 heteroatoms. The minimum atomic E-state index is -4.75. The highest BCUT2D eigenvalue weighted by molar-refractivity contribution is 6.01. The molecule has 0 radical (unpaired) electrons. The van der Waals surface area contributed by atoms with E-state index in [-0.39, 0.29) is 17.9 Å². The number of ether oxygens (including phenoxy) is 1. The Morgan fingerprint density at radius 1 is 1.31 bits per heavy atom. The number of halogens is 3. The summed E-state index contributed by atoms with van der Waals surface area (Å²) in [5, 5.41) is 12.0. The lowest BCUT2D eigenvalue weighted by Crippen LogP contribution is -2.24. The number of carbonyl (C=O) groups is 1. The van der Waals surface area contributed by atoms with Gasteiger partial charge in [-0.15, -0.1) is 13.2 Å². The molecule has 3 rings (SSSR count). The van der Waals surface area contributed by atoms with Gasteiger partial charge in [-0.2, -0.15) is 5.26 Å². The molecule has 0 unspecified atom stereocenters. The monoisotopic (exact) mass is 403 g/mol. The minimum Gasteiger partial charge on any atom is -0.406 e. The molecule has 5 nitrogen and oxygen atoms in total. The van der Waals surface area contributed by atoms with Crippen LogP contribution in [0.25, 0.3) is 6.08 Å². The number of nitriles is 1. The van der Waals surface area contributed by atoms with Crippen LogP contribution in [0.5, 0.6) is 5.75 Å². The predicted molar refractivity (Wildman–Crippen MR) is 101 cm³/mol. The molecule has 152 valence electrons. The van der Waals surface area contributed by atoms with E-state index in [1.54, 1.807) is 6.08 Å². The Balaban J connectivity index is 1.65. The molecule has 0 bridgehead atoms. The second kappa shape index (κ2) is 8.03. The van der Waals surface area contributed by atoms with Gasteiger partial charge in [-0.3, -0.25) is 4.79 Å². The van der Waals surface area contributed by atoms with Crippen molar-refractivity contribution in [3.63, 3.8) is 0 Å². The normalized spacial score (nSPS) is 14.4. The lowest BCUT2D eigenvalue weighted by atomic mass is 10.1. The standard InChI is InChI=1S/C21H20F3N3O2/c1-13-9-16(14(2)27(13)18-5-6-18)10-17(11-25)20(28)26-12-15-3-7-19(8-4-15)29-21(22,23)24/h3-4,7-10,18H,5-6,12H2,1-2H3,(H,26,28)/b17-10+. The molecular formula is C21H20F3N3O2. The van der Waals surface area contributed by atoms with Gasteiger partial charge >= 0.3 is 6.36 Å². The third kappa shape index (κ3) is 5.19. The van der Waals surface area contributed by atoms with Gasteiger partial charge in [0.15, 0.2) is 0 Å². The summed E-state index contributed by atoms with van der Waals surface area (Å²) in [5.41, 5.74) is 3.49. The van der Waals surface area contributed by atoms with Crippen LogP contribution in [0.3, 0.4) is 0 Å². The Morgan fingerprint density at radius 2 is 1.97 bits per heavy atom. The number of aryl methyl sites for hydroxylation is 1. The average molecular weight is 403 g/mol. The van der Waals surface area contributed by atoms with E-state index in [2.05, 4.69) is 14.6 Å². The molecule has 0 saturated heterocycles. The number of rotatable bonds is 6. The van der Waals surface area contributed by atoms with Crippen LogP contribution < -0.4 is 10.1 Å². The summed E-state index contributed by atoms with van der Waals surface area (Å²) in [6.07, 6.45) is -0.913. The molecule has 1 saturated carbocycles. The van der Waals surface area contributed by atoms with Crippen LogP contribution in [0.2, 0.25) is 0 Å². The maximum absolute atomic E-state index is 12.4. The summed E-state index contributed by atoms with van der Waals surface area (Å²) in [6.45, 7) is 4.04. The number of amides is 1. The molecule has 1 aliphatic rings. The van der Waals surface area contributed by atoms with Crippen molar-refractivity contribution in [1.82, 2.24) is 9.88 Å². The molecule has 1 aliphatic carbocycles. The van der Waals surface area contributed by atoms with Gasteiger partial charge in [0.25, 0.3) is 5.91 Å². The molecule has 1 aromatic carbocycles. The second-order valence-corrected chi connectivity index (χ2v) is 6.97. The van der Waals surface area contributed by atoms with Crippen molar-refractivity contribution in [1.29, 1.82) is 5.26 Å². The Hall–Kier alpha value is -3.21. The van der Waals surface area contributed by atoms with Gasteiger partial charge in [-0.05, 0) is 62.1 Å². The van der Waals surface area contributed by atoms with Crippen LogP contribution in [0.1, 0.15) is 41.4 Å². The van der Waals surface area contributed by atoms with Crippen LogP contribution in [0, 0.1) is 25.2 Å². The SMILES string of the molecule is Cc1cc(/C=C(\C#N)C(=O)NCc2ccc(OC(F)(F)F)cc2)c(C)n1C1CC1. The van der Waals surface area contributed by atoms with Gasteiger partial charge in [0.05, 0.1) is 0 Å². The molecule has 1 N–H and O–H groups in total. The van der Waals surface area contributed by atoms with E-state index in [4.69, 9.17) is 0 Å². The van der Waals surface area contributed by atoms with Crippen LogP contribution in [-0.4, -0.2) is 16.8 Å². The quantitative estimate of drug-likeness (QED) is 0.568. The number of nitrogens with zero attached hydrogens (tertiary/aromatic N) is 2. The van der Waals surface area contributed by atoms with Crippen molar-refractivity contribution in [2.45, 2.75) is 45.6 Å². The molecule has 0 aliphatic heterocycles. The molecule has 1 heterocycles. The number of hydrogen-bond donors (Lipinski definition) is 1. The van der Waals surface area contributed by atoms with Gasteiger partial charge in [0.1, 0.15) is 17.4 Å². The summed E-state index contributed by atoms with van der Waals surface area (Å²) < 4.78 is 42.6. The summed E-state index contributed by atoms with van der Waals surface area (Å²) in [5.74, 6) is -0.879. The average Bonchev–Trinajstić information content (AvgIpc) is 3.43. The zero-order valence-corrected chi connectivity index (χ0v) is 16.0. The highest BCUT2D eigenvalue weighted by atomic mass is 19.4. The number of benzene rings is 1. The zero-order valence-electron chi connectivity index (χ0n) is 16.0. The first-order chi connectivity index (χ1) is 13.7. The van der Waals surface area contributed by atoms with Crippen LogP contribution in [0.15, 0.2) is 35.9 Å². The van der Waals surface area contributed by atoms with Gasteiger partial charge in [0, 0.05) is 24.0 Å². The smallest absolute Gasteiger partial charge is 0.406 e. The Kier molecular flexibility index (Phi) is 5.69. The third-order valence-corrected chi connectivity index (χ3v) is 4.71. The minimum absolute atomic E-state index is 0.0296. The zero-order chi connectivity index (χ0) is 21.2. The van der Waals surface area contributed by atoms with Crippen LogP contribution in [0.4, 0.5) is 13.2 Å². The largest absolute Gasteiger partial charge is 0.573 e. The van der Waals surface area contributed by atoms with E-state index in [0.717, 1.165) is 29.8 Å². The van der Waals surface area contributed by atoms with Crippen molar-refractivity contribution < 1.29 is 22.7 Å². The maximum Gasteiger partial charge on any atom is 0.573 e. The molecule has 1 fully saturated rings. The van der Waals surface area contributed by atoms with E-state index in [1.165, 1.54) is 24.3 Å². The number of nitrogens with one attached hydrogen (secondary N) is 1. The molecule has 1 aromatic heterocycles. The number of hydrogen-bond acceptors (Lipinski definition) is 3. The fraction of sp³-hybridized carbons (Fsp3) is 0.333. The Morgan fingerprint density at radius 3 is 2.52 bits per heavy atom. The van der Waals surface area contributed by atoms with Crippen molar-refractivity contribution >= 4 is 12.0 Å². The highest BCUT2D eigenvalue weighted by Gasteiger charge is 2.31. The van der Waals surface area contributed by atoms with Gasteiger partial charge < -0.3 is 14.6 Å². The highest BCUT2D eigenvalue weighted by Crippen LogP contribution is 2.38. The molecule has 2 aromatic rings. The topological polar surface area (TPSA) is 67.1 Å². The van der Waals surface area contributed by atoms with E-state index in [0.29, 0.717) is 11.6 Å². The van der Waals surface area contributed by atoms with E-state index in [9.17, 15) is 23.2 Å². The maximum atomic E-state index is 12.4. The van der Waals surface area contributed by atoms with Gasteiger partial charge in [-0.25, -0.2) is 0 Å². The third-order valence-electron chi connectivity index (χ3n) is 4.71. The fourth-order valence-corrected chi connectivity index (χ4v) is 3.23. The summed E-state index contributed by atoms with van der Waals surface area (Å²) >= 11 is 0. The van der Waals surface area contributed by atoms with E-state index >= 15 is 0 Å². The Labute approximate surface area is 166 Å². The van der Waals surface area contributed by atoms with Gasteiger partial charge in [0.2, 0.25) is 0 Å². The summed E-state index contributed by atoms with van der Waals surface area (Å²) in [4.78, 5) is 12.4. The molecule has 1 amide bonds. The van der Waals surface area contributed by atoms with Crippen molar-refractivity contribution in [3.8, 4) is 11.8 Å². The van der Waals surface area contributed by atoms with Crippen molar-refractivity contribution in [3.05, 3.63) is 58.4 Å².